The first kappa shape index (κ1) is 20.3. The Morgan fingerprint density at radius 1 is 1.33 bits per heavy atom. The molecule has 1 atom stereocenters. The van der Waals surface area contributed by atoms with Gasteiger partial charge >= 0.3 is 0 Å². The Labute approximate surface area is 171 Å². The van der Waals surface area contributed by atoms with Gasteiger partial charge in [0.2, 0.25) is 5.91 Å². The number of nitrogens with one attached hydrogen (secondary N) is 1. The average molecular weight is 473 g/mol. The first-order chi connectivity index (χ1) is 12.8. The third-order valence-corrected chi connectivity index (χ3v) is 8.47. The smallest absolute Gasteiger partial charge is 0.252 e. The van der Waals surface area contributed by atoms with Gasteiger partial charge in [-0.1, -0.05) is 6.07 Å². The molecule has 6 nitrogen and oxygen atoms in total. The molecule has 146 valence electrons. The number of hydrogen-bond acceptors (Lipinski definition) is 5. The van der Waals surface area contributed by atoms with E-state index in [0.717, 1.165) is 9.35 Å². The second-order valence-electron chi connectivity index (χ2n) is 6.45. The molecule has 2 heterocycles. The van der Waals surface area contributed by atoms with Crippen molar-refractivity contribution >= 4 is 48.9 Å². The number of aryl methyl sites for hydroxylation is 1. The molecule has 27 heavy (non-hydrogen) atoms. The normalized spacial score (nSPS) is 18.3. The predicted molar refractivity (Wildman–Crippen MR) is 110 cm³/mol. The number of nitrogens with zero attached hydrogens (tertiary/aromatic N) is 1. The van der Waals surface area contributed by atoms with Crippen LogP contribution in [0.2, 0.25) is 0 Å². The maximum Gasteiger partial charge on any atom is 0.252 e. The van der Waals surface area contributed by atoms with Crippen molar-refractivity contribution in [3.8, 4) is 5.75 Å². The highest BCUT2D eigenvalue weighted by Gasteiger charge is 2.34. The molecule has 1 aliphatic heterocycles. The molecule has 1 fully saturated rings. The molecule has 0 radical (unpaired) electrons. The summed E-state index contributed by atoms with van der Waals surface area (Å²) in [5, 5.41) is 2.90. The van der Waals surface area contributed by atoms with Gasteiger partial charge in [-0.2, -0.15) is 4.31 Å². The topological polar surface area (TPSA) is 75.7 Å². The Bertz CT molecular complexity index is 943. The quantitative estimate of drug-likeness (QED) is 0.716. The zero-order valence-electron chi connectivity index (χ0n) is 15.1. The number of hydrogen-bond donors (Lipinski definition) is 1. The lowest BCUT2D eigenvalue weighted by Gasteiger charge is -2.30. The average Bonchev–Trinajstić information content (AvgIpc) is 3.09. The van der Waals surface area contributed by atoms with Crippen molar-refractivity contribution in [2.24, 2.45) is 5.92 Å². The Hall–Kier alpha value is -1.42. The van der Waals surface area contributed by atoms with E-state index in [1.807, 2.05) is 19.1 Å². The number of carbonyl (C=O) groups is 1. The van der Waals surface area contributed by atoms with Gasteiger partial charge in [-0.25, -0.2) is 8.42 Å². The number of halogens is 1. The van der Waals surface area contributed by atoms with Gasteiger partial charge in [-0.3, -0.25) is 4.79 Å². The number of thiophene rings is 1. The maximum atomic E-state index is 12.8. The number of amides is 1. The molecule has 1 aliphatic rings. The standard InChI is InChI=1S/C18H21BrN2O4S2/c1-12-5-6-15(25-2)14(10-12)20-18(22)13-4-3-9-21(11-13)27(23,24)17-8-7-16(19)26-17/h5-8,10,13H,3-4,9,11H2,1-2H3,(H,20,22). The number of methoxy groups -OCH3 is 1. The van der Waals surface area contributed by atoms with Crippen molar-refractivity contribution in [2.45, 2.75) is 24.0 Å². The highest BCUT2D eigenvalue weighted by atomic mass is 79.9. The highest BCUT2D eigenvalue weighted by molar-refractivity contribution is 9.11. The van der Waals surface area contributed by atoms with Crippen LogP contribution >= 0.6 is 27.3 Å². The molecule has 0 bridgehead atoms. The van der Waals surface area contributed by atoms with E-state index in [1.54, 1.807) is 25.3 Å². The van der Waals surface area contributed by atoms with Gasteiger partial charge in [-0.15, -0.1) is 11.3 Å². The minimum atomic E-state index is -3.58. The fourth-order valence-corrected chi connectivity index (χ4v) is 6.78. The molecular weight excluding hydrogens is 452 g/mol. The van der Waals surface area contributed by atoms with Crippen LogP contribution in [0.1, 0.15) is 18.4 Å². The lowest BCUT2D eigenvalue weighted by molar-refractivity contribution is -0.120. The summed E-state index contributed by atoms with van der Waals surface area (Å²) >= 11 is 4.48. The van der Waals surface area contributed by atoms with Crippen molar-refractivity contribution in [3.63, 3.8) is 0 Å². The van der Waals surface area contributed by atoms with Crippen LogP contribution in [0.4, 0.5) is 5.69 Å². The van der Waals surface area contributed by atoms with Gasteiger partial charge in [0, 0.05) is 13.1 Å². The second kappa shape index (κ2) is 8.30. The number of anilines is 1. The first-order valence-corrected chi connectivity index (χ1v) is 11.6. The molecule has 1 aromatic carbocycles. The molecule has 9 heteroatoms. The van der Waals surface area contributed by atoms with Crippen LogP contribution in [0.5, 0.6) is 5.75 Å². The van der Waals surface area contributed by atoms with Gasteiger partial charge in [0.15, 0.2) is 0 Å². The lowest BCUT2D eigenvalue weighted by atomic mass is 9.98. The number of ether oxygens (including phenoxy) is 1. The highest BCUT2D eigenvalue weighted by Crippen LogP contribution is 2.32. The van der Waals surface area contributed by atoms with Crippen molar-refractivity contribution in [1.29, 1.82) is 0 Å². The minimum absolute atomic E-state index is 0.178. The van der Waals surface area contributed by atoms with E-state index in [9.17, 15) is 13.2 Å². The van der Waals surface area contributed by atoms with Gasteiger partial charge in [0.25, 0.3) is 10.0 Å². The van der Waals surface area contributed by atoms with Crippen molar-refractivity contribution in [3.05, 3.63) is 39.7 Å². The number of sulfonamides is 1. The van der Waals surface area contributed by atoms with Gasteiger partial charge in [0.05, 0.1) is 22.5 Å². The first-order valence-electron chi connectivity index (χ1n) is 8.52. The van der Waals surface area contributed by atoms with Crippen LogP contribution in [-0.2, 0) is 14.8 Å². The SMILES string of the molecule is COc1ccc(C)cc1NC(=O)C1CCCN(S(=O)(=O)c2ccc(Br)s2)C1. The zero-order valence-corrected chi connectivity index (χ0v) is 18.3. The van der Waals surface area contributed by atoms with Crippen molar-refractivity contribution < 1.29 is 17.9 Å². The van der Waals surface area contributed by atoms with E-state index in [1.165, 1.54) is 15.6 Å². The van der Waals surface area contributed by atoms with E-state index in [4.69, 9.17) is 4.74 Å². The molecule has 0 aliphatic carbocycles. The van der Waals surface area contributed by atoms with Crippen molar-refractivity contribution in [1.82, 2.24) is 4.31 Å². The van der Waals surface area contributed by atoms with E-state index in [0.29, 0.717) is 30.8 Å². The van der Waals surface area contributed by atoms with Crippen LogP contribution in [0.3, 0.4) is 0 Å². The zero-order chi connectivity index (χ0) is 19.6. The molecule has 0 spiro atoms. The summed E-state index contributed by atoms with van der Waals surface area (Å²) in [7, 11) is -2.03. The van der Waals surface area contributed by atoms with Crippen LogP contribution < -0.4 is 10.1 Å². The van der Waals surface area contributed by atoms with Crippen LogP contribution in [-0.4, -0.2) is 38.8 Å². The molecule has 0 saturated carbocycles. The molecule has 1 aromatic heterocycles. The van der Waals surface area contributed by atoms with E-state index in [2.05, 4.69) is 21.2 Å². The summed E-state index contributed by atoms with van der Waals surface area (Å²) in [5.41, 5.74) is 1.60. The monoisotopic (exact) mass is 472 g/mol. The Morgan fingerprint density at radius 2 is 2.11 bits per heavy atom. The lowest BCUT2D eigenvalue weighted by Crippen LogP contribution is -2.43. The van der Waals surface area contributed by atoms with E-state index in [-0.39, 0.29) is 16.7 Å². The van der Waals surface area contributed by atoms with Crippen LogP contribution in [0.15, 0.2) is 38.3 Å². The molecule has 1 N–H and O–H groups in total. The number of piperidine rings is 1. The summed E-state index contributed by atoms with van der Waals surface area (Å²) in [6, 6.07) is 8.86. The molecule has 3 rings (SSSR count). The molecule has 1 amide bonds. The van der Waals surface area contributed by atoms with E-state index >= 15 is 0 Å². The molecule has 1 saturated heterocycles. The summed E-state index contributed by atoms with van der Waals surface area (Å²) in [6.45, 7) is 2.54. The fourth-order valence-electron chi connectivity index (χ4n) is 3.09. The number of benzene rings is 1. The van der Waals surface area contributed by atoms with Gasteiger partial charge < -0.3 is 10.1 Å². The third kappa shape index (κ3) is 4.53. The summed E-state index contributed by atoms with van der Waals surface area (Å²) in [4.78, 5) is 12.8. The Balaban J connectivity index is 1.74. The number of rotatable bonds is 5. The minimum Gasteiger partial charge on any atom is -0.495 e. The largest absolute Gasteiger partial charge is 0.495 e. The van der Waals surface area contributed by atoms with Crippen LogP contribution in [0.25, 0.3) is 0 Å². The summed E-state index contributed by atoms with van der Waals surface area (Å²) in [6.07, 6.45) is 1.30. The van der Waals surface area contributed by atoms with E-state index < -0.39 is 15.9 Å². The maximum absolute atomic E-state index is 12.8. The molecule has 2 aromatic rings. The van der Waals surface area contributed by atoms with Gasteiger partial charge in [-0.05, 0) is 65.5 Å². The molecule has 1 unspecified atom stereocenters. The Kier molecular flexibility index (Phi) is 6.25. The molecular formula is C18H21BrN2O4S2. The van der Waals surface area contributed by atoms with Crippen LogP contribution in [0, 0.1) is 12.8 Å². The number of carbonyl (C=O) groups excluding carboxylic acids is 1. The Morgan fingerprint density at radius 3 is 2.78 bits per heavy atom. The fraction of sp³-hybridized carbons (Fsp3) is 0.389. The van der Waals surface area contributed by atoms with Gasteiger partial charge in [0.1, 0.15) is 9.96 Å². The predicted octanol–water partition coefficient (Wildman–Crippen LogP) is 3.87. The summed E-state index contributed by atoms with van der Waals surface area (Å²) < 4.78 is 33.4. The summed E-state index contributed by atoms with van der Waals surface area (Å²) in [5.74, 6) is -0.00835. The third-order valence-electron chi connectivity index (χ3n) is 4.51. The second-order valence-corrected chi connectivity index (χ2v) is 11.1. The van der Waals surface area contributed by atoms with Crippen molar-refractivity contribution in [2.75, 3.05) is 25.5 Å².